The molecule has 0 bridgehead atoms. The lowest BCUT2D eigenvalue weighted by atomic mass is 9.98. The molecule has 3 N–H and O–H groups in total. The molecule has 0 radical (unpaired) electrons. The molecular formula is C13H19FN2O2. The summed E-state index contributed by atoms with van der Waals surface area (Å²) in [4.78, 5) is 11.4. The SMILES string of the molecule is COC(C)(C)CC(Nc1cccc(F)c1)C(N)=O. The monoisotopic (exact) mass is 254 g/mol. The largest absolute Gasteiger partial charge is 0.379 e. The van der Waals surface area contributed by atoms with Gasteiger partial charge in [-0.2, -0.15) is 0 Å². The second kappa shape index (κ2) is 5.82. The maximum atomic E-state index is 13.0. The van der Waals surface area contributed by atoms with Gasteiger partial charge >= 0.3 is 0 Å². The highest BCUT2D eigenvalue weighted by atomic mass is 19.1. The van der Waals surface area contributed by atoms with E-state index in [9.17, 15) is 9.18 Å². The van der Waals surface area contributed by atoms with Crippen LogP contribution in [0.1, 0.15) is 20.3 Å². The van der Waals surface area contributed by atoms with Crippen LogP contribution < -0.4 is 11.1 Å². The molecule has 0 spiro atoms. The van der Waals surface area contributed by atoms with Crippen LogP contribution in [-0.4, -0.2) is 24.7 Å². The van der Waals surface area contributed by atoms with Crippen LogP contribution in [0.5, 0.6) is 0 Å². The quantitative estimate of drug-likeness (QED) is 0.815. The Labute approximate surface area is 106 Å². The van der Waals surface area contributed by atoms with E-state index in [0.29, 0.717) is 12.1 Å². The van der Waals surface area contributed by atoms with Crippen molar-refractivity contribution in [3.8, 4) is 0 Å². The normalized spacial score (nSPS) is 13.1. The summed E-state index contributed by atoms with van der Waals surface area (Å²) in [6.07, 6.45) is 0.398. The first-order chi connectivity index (χ1) is 8.34. The molecule has 0 saturated carbocycles. The molecule has 1 aromatic rings. The highest BCUT2D eigenvalue weighted by Gasteiger charge is 2.26. The van der Waals surface area contributed by atoms with Crippen LogP contribution in [0.25, 0.3) is 0 Å². The van der Waals surface area contributed by atoms with Crippen LogP contribution in [0.3, 0.4) is 0 Å². The van der Waals surface area contributed by atoms with Crippen molar-refractivity contribution in [2.24, 2.45) is 5.73 Å². The van der Waals surface area contributed by atoms with Gasteiger partial charge in [0.2, 0.25) is 5.91 Å². The highest BCUT2D eigenvalue weighted by molar-refractivity contribution is 5.83. The van der Waals surface area contributed by atoms with Crippen LogP contribution in [0.4, 0.5) is 10.1 Å². The Hall–Kier alpha value is -1.62. The lowest BCUT2D eigenvalue weighted by Gasteiger charge is -2.28. The number of anilines is 1. The van der Waals surface area contributed by atoms with Crippen molar-refractivity contribution in [2.75, 3.05) is 12.4 Å². The number of halogens is 1. The Morgan fingerprint density at radius 1 is 1.56 bits per heavy atom. The van der Waals surface area contributed by atoms with Gasteiger partial charge < -0.3 is 15.8 Å². The molecule has 1 unspecified atom stereocenters. The molecule has 0 aliphatic carbocycles. The van der Waals surface area contributed by atoms with E-state index in [1.807, 2.05) is 13.8 Å². The van der Waals surface area contributed by atoms with E-state index in [2.05, 4.69) is 5.32 Å². The van der Waals surface area contributed by atoms with Crippen molar-refractivity contribution < 1.29 is 13.9 Å². The third kappa shape index (κ3) is 4.33. The van der Waals surface area contributed by atoms with Gasteiger partial charge in [-0.3, -0.25) is 4.79 Å². The maximum absolute atomic E-state index is 13.0. The Kier molecular flexibility index (Phi) is 4.67. The highest BCUT2D eigenvalue weighted by Crippen LogP contribution is 2.19. The zero-order chi connectivity index (χ0) is 13.8. The van der Waals surface area contributed by atoms with Gasteiger partial charge in [0.15, 0.2) is 0 Å². The molecule has 0 heterocycles. The van der Waals surface area contributed by atoms with Crippen LogP contribution >= 0.6 is 0 Å². The first-order valence-electron chi connectivity index (χ1n) is 5.70. The molecule has 4 nitrogen and oxygen atoms in total. The zero-order valence-corrected chi connectivity index (χ0v) is 10.9. The van der Waals surface area contributed by atoms with Gasteiger partial charge in [0.25, 0.3) is 0 Å². The number of rotatable bonds is 6. The first-order valence-corrected chi connectivity index (χ1v) is 5.70. The Balaban J connectivity index is 2.78. The fraction of sp³-hybridized carbons (Fsp3) is 0.462. The summed E-state index contributed by atoms with van der Waals surface area (Å²) in [6.45, 7) is 3.71. The van der Waals surface area contributed by atoms with E-state index in [4.69, 9.17) is 10.5 Å². The van der Waals surface area contributed by atoms with Gasteiger partial charge in [0, 0.05) is 19.2 Å². The second-order valence-electron chi connectivity index (χ2n) is 4.78. The number of hydrogen-bond donors (Lipinski definition) is 2. The van der Waals surface area contributed by atoms with Gasteiger partial charge in [0.1, 0.15) is 11.9 Å². The van der Waals surface area contributed by atoms with Crippen molar-refractivity contribution in [3.63, 3.8) is 0 Å². The summed E-state index contributed by atoms with van der Waals surface area (Å²) < 4.78 is 18.3. The van der Waals surface area contributed by atoms with E-state index >= 15 is 0 Å². The van der Waals surface area contributed by atoms with E-state index in [0.717, 1.165) is 0 Å². The molecule has 0 fully saturated rings. The molecule has 1 amide bonds. The minimum atomic E-state index is -0.609. The molecule has 100 valence electrons. The van der Waals surface area contributed by atoms with Crippen LogP contribution in [-0.2, 0) is 9.53 Å². The Bertz CT molecular complexity index is 421. The third-order valence-electron chi connectivity index (χ3n) is 2.76. The van der Waals surface area contributed by atoms with Crippen LogP contribution in [0.15, 0.2) is 24.3 Å². The third-order valence-corrected chi connectivity index (χ3v) is 2.76. The topological polar surface area (TPSA) is 64.3 Å². The van der Waals surface area contributed by atoms with Crippen molar-refractivity contribution in [1.29, 1.82) is 0 Å². The van der Waals surface area contributed by atoms with Gasteiger partial charge in [0.05, 0.1) is 5.60 Å². The summed E-state index contributed by atoms with van der Waals surface area (Å²) in [6, 6.07) is 5.29. The molecule has 5 heteroatoms. The fourth-order valence-corrected chi connectivity index (χ4v) is 1.58. The van der Waals surface area contributed by atoms with Gasteiger partial charge in [-0.1, -0.05) is 6.07 Å². The van der Waals surface area contributed by atoms with Crippen molar-refractivity contribution >= 4 is 11.6 Å². The minimum absolute atomic E-state index is 0.366. The molecule has 1 atom stereocenters. The number of methoxy groups -OCH3 is 1. The molecule has 0 saturated heterocycles. The Morgan fingerprint density at radius 3 is 2.72 bits per heavy atom. The van der Waals surface area contributed by atoms with E-state index in [-0.39, 0.29) is 5.82 Å². The van der Waals surface area contributed by atoms with Gasteiger partial charge in [-0.15, -0.1) is 0 Å². The van der Waals surface area contributed by atoms with Crippen molar-refractivity contribution in [3.05, 3.63) is 30.1 Å². The summed E-state index contributed by atoms with van der Waals surface area (Å²) in [5, 5.41) is 2.92. The van der Waals surface area contributed by atoms with Crippen molar-refractivity contribution in [2.45, 2.75) is 31.9 Å². The number of nitrogens with one attached hydrogen (secondary N) is 1. The maximum Gasteiger partial charge on any atom is 0.240 e. The molecule has 1 aromatic carbocycles. The number of carbonyl (C=O) groups excluding carboxylic acids is 1. The number of amides is 1. The number of benzene rings is 1. The molecule has 0 aromatic heterocycles. The first kappa shape index (κ1) is 14.4. The molecule has 18 heavy (non-hydrogen) atoms. The average Bonchev–Trinajstić information content (AvgIpc) is 2.28. The number of carbonyl (C=O) groups is 1. The zero-order valence-electron chi connectivity index (χ0n) is 10.9. The van der Waals surface area contributed by atoms with Crippen molar-refractivity contribution in [1.82, 2.24) is 0 Å². The molecule has 0 aliphatic heterocycles. The fourth-order valence-electron chi connectivity index (χ4n) is 1.58. The standard InChI is InChI=1S/C13H19FN2O2/c1-13(2,18-3)8-11(12(15)17)16-10-6-4-5-9(14)7-10/h4-7,11,16H,8H2,1-3H3,(H2,15,17). The van der Waals surface area contributed by atoms with E-state index in [1.165, 1.54) is 12.1 Å². The lowest BCUT2D eigenvalue weighted by molar-refractivity contribution is -0.120. The minimum Gasteiger partial charge on any atom is -0.379 e. The number of nitrogens with two attached hydrogens (primary N) is 1. The molecule has 1 rings (SSSR count). The molecule has 0 aliphatic rings. The number of hydrogen-bond acceptors (Lipinski definition) is 3. The summed E-state index contributed by atoms with van der Waals surface area (Å²) in [5.74, 6) is -0.862. The van der Waals surface area contributed by atoms with Crippen LogP contribution in [0, 0.1) is 5.82 Å². The van der Waals surface area contributed by atoms with E-state index in [1.54, 1.807) is 19.2 Å². The Morgan fingerprint density at radius 2 is 2.22 bits per heavy atom. The lowest BCUT2D eigenvalue weighted by Crippen LogP contribution is -2.41. The number of ether oxygens (including phenoxy) is 1. The summed E-state index contributed by atoms with van der Waals surface area (Å²) >= 11 is 0. The van der Waals surface area contributed by atoms with Gasteiger partial charge in [-0.25, -0.2) is 4.39 Å². The predicted octanol–water partition coefficient (Wildman–Crippen LogP) is 1.91. The predicted molar refractivity (Wildman–Crippen MR) is 68.7 cm³/mol. The van der Waals surface area contributed by atoms with Gasteiger partial charge in [-0.05, 0) is 32.0 Å². The molecular weight excluding hydrogens is 235 g/mol. The van der Waals surface area contributed by atoms with E-state index < -0.39 is 17.6 Å². The second-order valence-corrected chi connectivity index (χ2v) is 4.78. The summed E-state index contributed by atoms with van der Waals surface area (Å²) in [7, 11) is 1.57. The summed E-state index contributed by atoms with van der Waals surface area (Å²) in [5.41, 5.74) is 5.37. The average molecular weight is 254 g/mol. The van der Waals surface area contributed by atoms with Crippen LogP contribution in [0.2, 0.25) is 0 Å². The smallest absolute Gasteiger partial charge is 0.240 e. The number of primary amides is 1.